The Kier molecular flexibility index (Phi) is 4.99. The van der Waals surface area contributed by atoms with Crippen LogP contribution in [-0.2, 0) is 4.74 Å². The van der Waals surface area contributed by atoms with E-state index in [1.165, 1.54) is 5.56 Å². The van der Waals surface area contributed by atoms with Crippen molar-refractivity contribution in [1.29, 1.82) is 0 Å². The first-order valence-electron chi connectivity index (χ1n) is 6.41. The minimum absolute atomic E-state index is 0.111. The van der Waals surface area contributed by atoms with Crippen molar-refractivity contribution >= 4 is 0 Å². The fourth-order valence-electron chi connectivity index (χ4n) is 2.14. The molecule has 1 aromatic rings. The van der Waals surface area contributed by atoms with Gasteiger partial charge in [-0.2, -0.15) is 0 Å². The van der Waals surface area contributed by atoms with Gasteiger partial charge in [0.2, 0.25) is 0 Å². The lowest BCUT2D eigenvalue weighted by Gasteiger charge is -2.34. The van der Waals surface area contributed by atoms with E-state index in [0.29, 0.717) is 13.2 Å². The molecule has 1 aliphatic heterocycles. The highest BCUT2D eigenvalue weighted by Crippen LogP contribution is 2.13. The molecule has 1 N–H and O–H groups in total. The number of aliphatic hydroxyl groups excluding tert-OH is 1. The summed E-state index contributed by atoms with van der Waals surface area (Å²) < 4.78 is 11.1. The summed E-state index contributed by atoms with van der Waals surface area (Å²) >= 11 is 0. The molecule has 1 atom stereocenters. The van der Waals surface area contributed by atoms with Gasteiger partial charge in [-0.25, -0.2) is 0 Å². The molecule has 0 aromatic heterocycles. The third-order valence-corrected chi connectivity index (χ3v) is 3.20. The smallest absolute Gasteiger partial charge is 0.119 e. The van der Waals surface area contributed by atoms with Crippen molar-refractivity contribution in [3.8, 4) is 5.75 Å². The lowest BCUT2D eigenvalue weighted by atomic mass is 10.2. The standard InChI is InChI=1S/C14H21NO3/c1-12-3-2-4-14(9-12)18-8-6-15-5-7-17-11-13(15)10-16/h2-4,9,13,16H,5-8,10-11H2,1H3. The molecule has 1 unspecified atom stereocenters. The van der Waals surface area contributed by atoms with Crippen LogP contribution < -0.4 is 4.74 Å². The molecule has 1 aliphatic rings. The molecule has 0 radical (unpaired) electrons. The number of aliphatic hydroxyl groups is 1. The largest absolute Gasteiger partial charge is 0.492 e. The zero-order valence-electron chi connectivity index (χ0n) is 10.8. The molecule has 0 aliphatic carbocycles. The summed E-state index contributed by atoms with van der Waals surface area (Å²) in [7, 11) is 0. The molecule has 1 heterocycles. The summed E-state index contributed by atoms with van der Waals surface area (Å²) in [5, 5.41) is 9.25. The quantitative estimate of drug-likeness (QED) is 0.850. The molecule has 0 spiro atoms. The van der Waals surface area contributed by atoms with Crippen LogP contribution in [0.4, 0.5) is 0 Å². The normalized spacial score (nSPS) is 20.9. The number of ether oxygens (including phenoxy) is 2. The molecule has 18 heavy (non-hydrogen) atoms. The number of rotatable bonds is 5. The van der Waals surface area contributed by atoms with E-state index >= 15 is 0 Å². The van der Waals surface area contributed by atoms with Gasteiger partial charge in [0.1, 0.15) is 12.4 Å². The number of aryl methyl sites for hydroxylation is 1. The van der Waals surface area contributed by atoms with Gasteiger partial charge in [0.15, 0.2) is 0 Å². The number of hydrogen-bond donors (Lipinski definition) is 1. The van der Waals surface area contributed by atoms with Crippen LogP contribution in [0.25, 0.3) is 0 Å². The number of benzene rings is 1. The first kappa shape index (κ1) is 13.3. The first-order chi connectivity index (χ1) is 8.79. The number of morpholine rings is 1. The van der Waals surface area contributed by atoms with E-state index in [4.69, 9.17) is 9.47 Å². The molecule has 2 rings (SSSR count). The summed E-state index contributed by atoms with van der Waals surface area (Å²) in [5.41, 5.74) is 1.20. The molecule has 0 bridgehead atoms. The van der Waals surface area contributed by atoms with Gasteiger partial charge in [0, 0.05) is 13.1 Å². The lowest BCUT2D eigenvalue weighted by Crippen LogP contribution is -2.48. The summed E-state index contributed by atoms with van der Waals surface area (Å²) in [4.78, 5) is 2.22. The van der Waals surface area contributed by atoms with Crippen LogP contribution in [0, 0.1) is 6.92 Å². The second-order valence-electron chi connectivity index (χ2n) is 4.61. The van der Waals surface area contributed by atoms with Crippen molar-refractivity contribution in [2.45, 2.75) is 13.0 Å². The second kappa shape index (κ2) is 6.73. The van der Waals surface area contributed by atoms with Gasteiger partial charge in [0.25, 0.3) is 0 Å². The number of nitrogens with zero attached hydrogens (tertiary/aromatic N) is 1. The van der Waals surface area contributed by atoms with Crippen molar-refractivity contribution in [3.63, 3.8) is 0 Å². The van der Waals surface area contributed by atoms with Gasteiger partial charge in [-0.15, -0.1) is 0 Å². The predicted octanol–water partition coefficient (Wildman–Crippen LogP) is 1.07. The molecule has 1 saturated heterocycles. The highest BCUT2D eigenvalue weighted by molar-refractivity contribution is 5.27. The summed E-state index contributed by atoms with van der Waals surface area (Å²) in [6.45, 7) is 5.87. The Hall–Kier alpha value is -1.10. The average molecular weight is 251 g/mol. The van der Waals surface area contributed by atoms with E-state index in [9.17, 15) is 5.11 Å². The Morgan fingerprint density at radius 3 is 3.17 bits per heavy atom. The molecule has 4 nitrogen and oxygen atoms in total. The molecule has 1 aromatic carbocycles. The van der Waals surface area contributed by atoms with Crippen molar-refractivity contribution in [2.24, 2.45) is 0 Å². The Balaban J connectivity index is 1.77. The molecule has 100 valence electrons. The van der Waals surface area contributed by atoms with E-state index in [-0.39, 0.29) is 12.6 Å². The van der Waals surface area contributed by atoms with Gasteiger partial charge in [-0.05, 0) is 24.6 Å². The monoisotopic (exact) mass is 251 g/mol. The third kappa shape index (κ3) is 3.70. The Bertz CT molecular complexity index is 370. The maximum absolute atomic E-state index is 9.25. The zero-order valence-corrected chi connectivity index (χ0v) is 10.8. The van der Waals surface area contributed by atoms with Crippen molar-refractivity contribution in [2.75, 3.05) is 39.5 Å². The minimum Gasteiger partial charge on any atom is -0.492 e. The fourth-order valence-corrected chi connectivity index (χ4v) is 2.14. The summed E-state index contributed by atoms with van der Waals surface area (Å²) in [6, 6.07) is 8.16. The maximum atomic E-state index is 9.25. The van der Waals surface area contributed by atoms with Crippen molar-refractivity contribution in [1.82, 2.24) is 4.90 Å². The Morgan fingerprint density at radius 2 is 2.39 bits per heavy atom. The van der Waals surface area contributed by atoms with E-state index in [1.807, 2.05) is 18.2 Å². The average Bonchev–Trinajstić information content (AvgIpc) is 2.39. The van der Waals surface area contributed by atoms with Crippen LogP contribution in [-0.4, -0.2) is 55.6 Å². The van der Waals surface area contributed by atoms with Crippen molar-refractivity contribution < 1.29 is 14.6 Å². The maximum Gasteiger partial charge on any atom is 0.119 e. The topological polar surface area (TPSA) is 41.9 Å². The second-order valence-corrected chi connectivity index (χ2v) is 4.61. The molecule has 4 heteroatoms. The van der Waals surface area contributed by atoms with E-state index in [2.05, 4.69) is 17.9 Å². The van der Waals surface area contributed by atoms with Gasteiger partial charge in [-0.3, -0.25) is 4.90 Å². The van der Waals surface area contributed by atoms with E-state index in [1.54, 1.807) is 0 Å². The van der Waals surface area contributed by atoms with Crippen molar-refractivity contribution in [3.05, 3.63) is 29.8 Å². The van der Waals surface area contributed by atoms with Crippen LogP contribution >= 0.6 is 0 Å². The highest BCUT2D eigenvalue weighted by Gasteiger charge is 2.21. The SMILES string of the molecule is Cc1cccc(OCCN2CCOCC2CO)c1. The van der Waals surface area contributed by atoms with Crippen LogP contribution in [0.3, 0.4) is 0 Å². The summed E-state index contributed by atoms with van der Waals surface area (Å²) in [6.07, 6.45) is 0. The molecule has 0 saturated carbocycles. The highest BCUT2D eigenvalue weighted by atomic mass is 16.5. The lowest BCUT2D eigenvalue weighted by molar-refractivity contribution is -0.0312. The predicted molar refractivity (Wildman–Crippen MR) is 69.9 cm³/mol. The molecular formula is C14H21NO3. The molecular weight excluding hydrogens is 230 g/mol. The first-order valence-corrected chi connectivity index (χ1v) is 6.41. The Labute approximate surface area is 108 Å². The van der Waals surface area contributed by atoms with Crippen LogP contribution in [0.1, 0.15) is 5.56 Å². The summed E-state index contributed by atoms with van der Waals surface area (Å²) in [5.74, 6) is 0.906. The van der Waals surface area contributed by atoms with Crippen LogP contribution in [0.5, 0.6) is 5.75 Å². The van der Waals surface area contributed by atoms with Gasteiger partial charge < -0.3 is 14.6 Å². The number of hydrogen-bond acceptors (Lipinski definition) is 4. The zero-order chi connectivity index (χ0) is 12.8. The van der Waals surface area contributed by atoms with Crippen LogP contribution in [0.15, 0.2) is 24.3 Å². The minimum atomic E-state index is 0.111. The Morgan fingerprint density at radius 1 is 1.50 bits per heavy atom. The van der Waals surface area contributed by atoms with E-state index < -0.39 is 0 Å². The molecule has 0 amide bonds. The third-order valence-electron chi connectivity index (χ3n) is 3.20. The van der Waals surface area contributed by atoms with Gasteiger partial charge >= 0.3 is 0 Å². The van der Waals surface area contributed by atoms with E-state index in [0.717, 1.165) is 25.4 Å². The fraction of sp³-hybridized carbons (Fsp3) is 0.571. The molecule has 1 fully saturated rings. The van der Waals surface area contributed by atoms with Gasteiger partial charge in [-0.1, -0.05) is 12.1 Å². The van der Waals surface area contributed by atoms with Crippen LogP contribution in [0.2, 0.25) is 0 Å². The van der Waals surface area contributed by atoms with Gasteiger partial charge in [0.05, 0.1) is 25.9 Å².